The predicted molar refractivity (Wildman–Crippen MR) is 155 cm³/mol. The molecule has 3 fully saturated rings. The molecule has 3 saturated carbocycles. The normalized spacial score (nSPS) is 36.8. The van der Waals surface area contributed by atoms with Crippen LogP contribution in [0.3, 0.4) is 0 Å². The second-order valence-electron chi connectivity index (χ2n) is 14.3. The van der Waals surface area contributed by atoms with Gasteiger partial charge in [0.05, 0.1) is 5.02 Å². The summed E-state index contributed by atoms with van der Waals surface area (Å²) in [6, 6.07) is 0. The average Bonchev–Trinajstić information content (AvgIpc) is 3.27. The van der Waals surface area contributed by atoms with Crippen molar-refractivity contribution in [1.82, 2.24) is 0 Å². The van der Waals surface area contributed by atoms with Crippen molar-refractivity contribution in [2.75, 3.05) is 0 Å². The molecule has 41 heavy (non-hydrogen) atoms. The fourth-order valence-corrected chi connectivity index (χ4v) is 10.2. The highest BCUT2D eigenvalue weighted by atomic mass is 35.5. The van der Waals surface area contributed by atoms with Crippen LogP contribution in [0.5, 0.6) is 17.2 Å². The van der Waals surface area contributed by atoms with Crippen molar-refractivity contribution in [2.45, 2.75) is 119 Å². The van der Waals surface area contributed by atoms with Crippen molar-refractivity contribution < 1.29 is 33.3 Å². The van der Waals surface area contributed by atoms with Gasteiger partial charge in [0.15, 0.2) is 11.5 Å². The molecule has 0 N–H and O–H groups in total. The van der Waals surface area contributed by atoms with Crippen LogP contribution in [0.1, 0.15) is 105 Å². The van der Waals surface area contributed by atoms with Crippen LogP contribution in [-0.4, -0.2) is 29.6 Å². The van der Waals surface area contributed by atoms with Gasteiger partial charge in [-0.15, -0.1) is 0 Å². The monoisotopic (exact) mass is 588 g/mol. The molecule has 226 valence electrons. The molecule has 1 aromatic rings. The number of esters is 3. The molecular weight excluding hydrogens is 544 g/mol. The fourth-order valence-electron chi connectivity index (χ4n) is 10.0. The Kier molecular flexibility index (Phi) is 7.28. The van der Waals surface area contributed by atoms with Crippen LogP contribution >= 0.6 is 11.6 Å². The van der Waals surface area contributed by atoms with Crippen LogP contribution in [0, 0.1) is 40.9 Å². The lowest BCUT2D eigenvalue weighted by Gasteiger charge is -2.69. The number of rotatable bonds is 3. The van der Waals surface area contributed by atoms with Crippen LogP contribution in [0.4, 0.5) is 0 Å². The van der Waals surface area contributed by atoms with E-state index >= 15 is 0 Å². The lowest BCUT2D eigenvalue weighted by atomic mass is 9.37. The van der Waals surface area contributed by atoms with E-state index in [1.165, 1.54) is 20.8 Å². The first kappa shape index (κ1) is 30.2. The number of halogens is 1. The highest BCUT2D eigenvalue weighted by Crippen LogP contribution is 2.72. The molecule has 0 aromatic heterocycles. The third-order valence-corrected chi connectivity index (χ3v) is 12.2. The van der Waals surface area contributed by atoms with E-state index < -0.39 is 17.5 Å². The first-order chi connectivity index (χ1) is 19.0. The van der Waals surface area contributed by atoms with Gasteiger partial charge in [0.2, 0.25) is 0 Å². The quantitative estimate of drug-likeness (QED) is 0.268. The predicted octanol–water partition coefficient (Wildman–Crippen LogP) is 7.39. The topological polar surface area (TPSA) is 88.1 Å². The molecule has 0 saturated heterocycles. The molecule has 1 aliphatic heterocycles. The van der Waals surface area contributed by atoms with Gasteiger partial charge in [-0.1, -0.05) is 46.2 Å². The number of ether oxygens (including phenoxy) is 4. The maximum absolute atomic E-state index is 12.2. The summed E-state index contributed by atoms with van der Waals surface area (Å²) in [5.41, 5.74) is 0.632. The van der Waals surface area contributed by atoms with Crippen molar-refractivity contribution >= 4 is 29.5 Å². The zero-order valence-corrected chi connectivity index (χ0v) is 26.8. The summed E-state index contributed by atoms with van der Waals surface area (Å²) in [7, 11) is 0. The maximum atomic E-state index is 12.2. The molecule has 0 bridgehead atoms. The van der Waals surface area contributed by atoms with Crippen molar-refractivity contribution in [2.24, 2.45) is 34.0 Å². The van der Waals surface area contributed by atoms with E-state index in [0.29, 0.717) is 29.6 Å². The van der Waals surface area contributed by atoms with E-state index in [2.05, 4.69) is 34.6 Å². The summed E-state index contributed by atoms with van der Waals surface area (Å²) in [5.74, 6) is 0.687. The van der Waals surface area contributed by atoms with Gasteiger partial charge in [-0.3, -0.25) is 14.4 Å². The standard InChI is InChI=1S/C33H45ClO7/c1-17-10-11-24-31(8)14-13-25(38-19(3)35)30(6,7)23(31)12-15-32(24,9)33(17)16-22-27(41-33)18(2)26(34)29(40-21(5)37)28(22)39-20(4)36/h17,23-25H,10-16H2,1-9H3/t17-,23-,24+,25-,31-,32+,33-/m0/s1. The van der Waals surface area contributed by atoms with E-state index in [1.54, 1.807) is 0 Å². The molecule has 1 spiro atoms. The van der Waals surface area contributed by atoms with Gasteiger partial charge in [0.1, 0.15) is 17.5 Å². The second kappa shape index (κ2) is 9.89. The van der Waals surface area contributed by atoms with Gasteiger partial charge >= 0.3 is 17.9 Å². The molecule has 1 heterocycles. The van der Waals surface area contributed by atoms with Crippen molar-refractivity contribution in [1.29, 1.82) is 0 Å². The Labute approximate surface area is 249 Å². The van der Waals surface area contributed by atoms with Gasteiger partial charge in [0.25, 0.3) is 0 Å². The minimum absolute atomic E-state index is 0.0483. The Bertz CT molecular complexity index is 1300. The maximum Gasteiger partial charge on any atom is 0.308 e. The Morgan fingerprint density at radius 2 is 1.49 bits per heavy atom. The summed E-state index contributed by atoms with van der Waals surface area (Å²) in [6.45, 7) is 17.7. The molecule has 5 rings (SSSR count). The summed E-state index contributed by atoms with van der Waals surface area (Å²) < 4.78 is 24.3. The number of fused-ring (bicyclic) bond motifs is 5. The third kappa shape index (κ3) is 4.31. The van der Waals surface area contributed by atoms with Crippen molar-refractivity contribution in [3.05, 3.63) is 16.1 Å². The van der Waals surface area contributed by atoms with E-state index in [9.17, 15) is 14.4 Å². The molecular formula is C33H45ClO7. The van der Waals surface area contributed by atoms with Crippen molar-refractivity contribution in [3.63, 3.8) is 0 Å². The first-order valence-corrected chi connectivity index (χ1v) is 15.5. The van der Waals surface area contributed by atoms with Crippen LogP contribution in [0.2, 0.25) is 5.02 Å². The Hall–Kier alpha value is -2.28. The van der Waals surface area contributed by atoms with Gasteiger partial charge in [0, 0.05) is 49.1 Å². The molecule has 0 unspecified atom stereocenters. The molecule has 3 aliphatic carbocycles. The second-order valence-corrected chi connectivity index (χ2v) is 14.6. The zero-order valence-electron chi connectivity index (χ0n) is 26.0. The van der Waals surface area contributed by atoms with Crippen molar-refractivity contribution in [3.8, 4) is 17.2 Å². The number of hydrogen-bond donors (Lipinski definition) is 0. The van der Waals surface area contributed by atoms with Gasteiger partial charge < -0.3 is 18.9 Å². The number of benzene rings is 1. The SMILES string of the molecule is CC(=O)Oc1c(Cl)c(C)c2c(c1OC(C)=O)C[C@]1(O2)[C@@H](C)CC[C@@H]2[C@@]3(C)CC[C@H](OC(C)=O)C(C)(C)[C@@H]3CC[C@]21C. The Morgan fingerprint density at radius 3 is 2.10 bits per heavy atom. The zero-order chi connectivity index (χ0) is 30.3. The average molecular weight is 589 g/mol. The summed E-state index contributed by atoms with van der Waals surface area (Å²) in [6.07, 6.45) is 6.42. The summed E-state index contributed by atoms with van der Waals surface area (Å²) in [5, 5.41) is 0.221. The number of carbonyl (C=O) groups excluding carboxylic acids is 3. The van der Waals surface area contributed by atoms with Gasteiger partial charge in [-0.05, 0) is 68.6 Å². The molecule has 0 amide bonds. The number of hydrogen-bond acceptors (Lipinski definition) is 7. The minimum atomic E-state index is -0.541. The molecule has 1 aromatic carbocycles. The van der Waals surface area contributed by atoms with E-state index in [-0.39, 0.29) is 50.8 Å². The van der Waals surface area contributed by atoms with E-state index in [0.717, 1.165) is 44.1 Å². The molecule has 7 nitrogen and oxygen atoms in total. The van der Waals surface area contributed by atoms with E-state index in [1.807, 2.05) is 6.92 Å². The number of carbonyl (C=O) groups is 3. The highest BCUT2D eigenvalue weighted by Gasteiger charge is 2.70. The molecule has 4 aliphatic rings. The lowest BCUT2D eigenvalue weighted by molar-refractivity contribution is -0.241. The van der Waals surface area contributed by atoms with Crippen LogP contribution in [0.25, 0.3) is 0 Å². The first-order valence-electron chi connectivity index (χ1n) is 15.1. The molecule has 8 heteroatoms. The van der Waals surface area contributed by atoms with Gasteiger partial charge in [-0.2, -0.15) is 0 Å². The van der Waals surface area contributed by atoms with Gasteiger partial charge in [-0.25, -0.2) is 0 Å². The highest BCUT2D eigenvalue weighted by molar-refractivity contribution is 6.33. The third-order valence-electron chi connectivity index (χ3n) is 11.8. The van der Waals surface area contributed by atoms with E-state index in [4.69, 9.17) is 30.5 Å². The molecule has 7 atom stereocenters. The van der Waals surface area contributed by atoms with Crippen LogP contribution in [0.15, 0.2) is 0 Å². The fraction of sp³-hybridized carbons (Fsp3) is 0.727. The minimum Gasteiger partial charge on any atom is -0.485 e. The summed E-state index contributed by atoms with van der Waals surface area (Å²) >= 11 is 6.76. The Morgan fingerprint density at radius 1 is 0.854 bits per heavy atom. The summed E-state index contributed by atoms with van der Waals surface area (Å²) in [4.78, 5) is 36.2. The van der Waals surface area contributed by atoms with Crippen LogP contribution < -0.4 is 14.2 Å². The Balaban J connectivity index is 1.60. The largest absolute Gasteiger partial charge is 0.485 e. The lowest BCUT2D eigenvalue weighted by Crippen LogP contribution is -2.68. The molecule has 0 radical (unpaired) electrons. The smallest absolute Gasteiger partial charge is 0.308 e. The van der Waals surface area contributed by atoms with Crippen LogP contribution in [-0.2, 0) is 25.5 Å².